The molecule has 0 amide bonds. The maximum Gasteiger partial charge on any atom is 0.320 e. The zero-order chi connectivity index (χ0) is 15.1. The maximum absolute atomic E-state index is 11.2. The average Bonchev–Trinajstić information content (AvgIpc) is 2.43. The number of carbonyl (C=O) groups is 2. The van der Waals surface area contributed by atoms with E-state index in [1.165, 1.54) is 0 Å². The summed E-state index contributed by atoms with van der Waals surface area (Å²) in [6.45, 7) is 3.71. The lowest BCUT2D eigenvalue weighted by Crippen LogP contribution is -2.35. The molecule has 1 aromatic rings. The van der Waals surface area contributed by atoms with Crippen molar-refractivity contribution in [2.24, 2.45) is 5.92 Å². The lowest BCUT2D eigenvalue weighted by Gasteiger charge is -2.22. The molecule has 0 aliphatic heterocycles. The third-order valence-electron chi connectivity index (χ3n) is 3.50. The standard InChI is InChI=1S/C15H21NO4/c1-10(14(17)18)13(12-6-4-3-5-7-12)8-9-16-11(2)15(19)20/h3-7,10-11,13,16H,8-9H2,1-2H3,(H,17,18)(H,19,20). The van der Waals surface area contributed by atoms with Gasteiger partial charge in [-0.3, -0.25) is 9.59 Å². The van der Waals surface area contributed by atoms with Gasteiger partial charge in [0.25, 0.3) is 0 Å². The first-order valence-electron chi connectivity index (χ1n) is 6.67. The summed E-state index contributed by atoms with van der Waals surface area (Å²) in [6.07, 6.45) is 0.578. The number of aliphatic carboxylic acids is 2. The topological polar surface area (TPSA) is 86.6 Å². The molecule has 20 heavy (non-hydrogen) atoms. The molecule has 0 saturated heterocycles. The zero-order valence-electron chi connectivity index (χ0n) is 11.7. The number of rotatable bonds is 8. The quantitative estimate of drug-likeness (QED) is 0.677. The molecule has 0 spiro atoms. The van der Waals surface area contributed by atoms with Crippen molar-refractivity contribution >= 4 is 11.9 Å². The Kier molecular flexibility index (Phi) is 6.18. The van der Waals surface area contributed by atoms with Gasteiger partial charge in [-0.05, 0) is 31.4 Å². The molecule has 0 fully saturated rings. The molecule has 0 aliphatic rings. The largest absolute Gasteiger partial charge is 0.481 e. The van der Waals surface area contributed by atoms with Gasteiger partial charge in [0.15, 0.2) is 0 Å². The van der Waals surface area contributed by atoms with Crippen LogP contribution in [-0.2, 0) is 9.59 Å². The van der Waals surface area contributed by atoms with Gasteiger partial charge in [-0.2, -0.15) is 0 Å². The van der Waals surface area contributed by atoms with Crippen molar-refractivity contribution in [3.63, 3.8) is 0 Å². The number of carboxylic acid groups (broad SMARTS) is 2. The van der Waals surface area contributed by atoms with Gasteiger partial charge in [0.1, 0.15) is 6.04 Å². The molecule has 0 heterocycles. The first-order chi connectivity index (χ1) is 9.43. The van der Waals surface area contributed by atoms with E-state index in [9.17, 15) is 14.7 Å². The fourth-order valence-electron chi connectivity index (χ4n) is 2.12. The molecule has 3 unspecified atom stereocenters. The van der Waals surface area contributed by atoms with Crippen molar-refractivity contribution < 1.29 is 19.8 Å². The van der Waals surface area contributed by atoms with Gasteiger partial charge < -0.3 is 15.5 Å². The number of carboxylic acids is 2. The summed E-state index contributed by atoms with van der Waals surface area (Å²) in [6, 6.07) is 8.83. The summed E-state index contributed by atoms with van der Waals surface area (Å²) in [5.41, 5.74) is 0.965. The van der Waals surface area contributed by atoms with Gasteiger partial charge >= 0.3 is 11.9 Å². The smallest absolute Gasteiger partial charge is 0.320 e. The second-order valence-corrected chi connectivity index (χ2v) is 4.95. The summed E-state index contributed by atoms with van der Waals surface area (Å²) in [5, 5.41) is 20.9. The second-order valence-electron chi connectivity index (χ2n) is 4.95. The fourth-order valence-corrected chi connectivity index (χ4v) is 2.12. The van der Waals surface area contributed by atoms with Crippen molar-refractivity contribution in [1.82, 2.24) is 5.32 Å². The lowest BCUT2D eigenvalue weighted by atomic mass is 9.84. The van der Waals surface area contributed by atoms with E-state index in [4.69, 9.17) is 5.11 Å². The molecule has 5 nitrogen and oxygen atoms in total. The van der Waals surface area contributed by atoms with E-state index in [0.29, 0.717) is 13.0 Å². The second kappa shape index (κ2) is 7.65. The van der Waals surface area contributed by atoms with Crippen LogP contribution < -0.4 is 5.32 Å². The van der Waals surface area contributed by atoms with E-state index >= 15 is 0 Å². The van der Waals surface area contributed by atoms with Crippen LogP contribution >= 0.6 is 0 Å². The molecular formula is C15H21NO4. The van der Waals surface area contributed by atoms with E-state index in [0.717, 1.165) is 5.56 Å². The van der Waals surface area contributed by atoms with Crippen molar-refractivity contribution in [3.05, 3.63) is 35.9 Å². The molecule has 0 bridgehead atoms. The Morgan fingerprint density at radius 2 is 1.70 bits per heavy atom. The van der Waals surface area contributed by atoms with Gasteiger partial charge in [-0.1, -0.05) is 37.3 Å². The molecule has 110 valence electrons. The molecular weight excluding hydrogens is 258 g/mol. The van der Waals surface area contributed by atoms with Crippen molar-refractivity contribution in [1.29, 1.82) is 0 Å². The van der Waals surface area contributed by atoms with Crippen LogP contribution in [0.2, 0.25) is 0 Å². The first kappa shape index (κ1) is 16.2. The van der Waals surface area contributed by atoms with E-state index in [-0.39, 0.29) is 5.92 Å². The SMILES string of the molecule is CC(NCCC(c1ccccc1)C(C)C(=O)O)C(=O)O. The van der Waals surface area contributed by atoms with Crippen LogP contribution in [0.15, 0.2) is 30.3 Å². The minimum Gasteiger partial charge on any atom is -0.481 e. The first-order valence-corrected chi connectivity index (χ1v) is 6.67. The number of benzene rings is 1. The van der Waals surface area contributed by atoms with Crippen LogP contribution in [0.3, 0.4) is 0 Å². The highest BCUT2D eigenvalue weighted by molar-refractivity contribution is 5.72. The van der Waals surface area contributed by atoms with Gasteiger partial charge in [-0.25, -0.2) is 0 Å². The van der Waals surface area contributed by atoms with Crippen LogP contribution in [0, 0.1) is 5.92 Å². The van der Waals surface area contributed by atoms with E-state index in [2.05, 4.69) is 5.32 Å². The van der Waals surface area contributed by atoms with Crippen LogP contribution in [0.25, 0.3) is 0 Å². The van der Waals surface area contributed by atoms with E-state index in [1.807, 2.05) is 30.3 Å². The van der Waals surface area contributed by atoms with Gasteiger partial charge in [0.05, 0.1) is 5.92 Å². The summed E-state index contributed by atoms with van der Waals surface area (Å²) in [4.78, 5) is 21.9. The molecule has 0 radical (unpaired) electrons. The third-order valence-corrected chi connectivity index (χ3v) is 3.50. The van der Waals surface area contributed by atoms with Crippen LogP contribution in [0.5, 0.6) is 0 Å². The number of hydrogen-bond donors (Lipinski definition) is 3. The summed E-state index contributed by atoms with van der Waals surface area (Å²) in [7, 11) is 0. The molecule has 3 atom stereocenters. The molecule has 3 N–H and O–H groups in total. The predicted octanol–water partition coefficient (Wildman–Crippen LogP) is 1.94. The number of hydrogen-bond acceptors (Lipinski definition) is 3. The minimum atomic E-state index is -0.910. The molecule has 1 rings (SSSR count). The molecule has 1 aromatic carbocycles. The monoisotopic (exact) mass is 279 g/mol. The summed E-state index contributed by atoms with van der Waals surface area (Å²) < 4.78 is 0. The third kappa shape index (κ3) is 4.66. The molecule has 0 aromatic heterocycles. The van der Waals surface area contributed by atoms with Crippen LogP contribution in [-0.4, -0.2) is 34.7 Å². The van der Waals surface area contributed by atoms with E-state index in [1.54, 1.807) is 13.8 Å². The van der Waals surface area contributed by atoms with E-state index < -0.39 is 23.9 Å². The van der Waals surface area contributed by atoms with Gasteiger partial charge in [0, 0.05) is 0 Å². The normalized spacial score (nSPS) is 15.3. The van der Waals surface area contributed by atoms with Gasteiger partial charge in [0.2, 0.25) is 0 Å². The van der Waals surface area contributed by atoms with Crippen molar-refractivity contribution in [2.75, 3.05) is 6.54 Å². The minimum absolute atomic E-state index is 0.137. The molecule has 5 heteroatoms. The highest BCUT2D eigenvalue weighted by Crippen LogP contribution is 2.27. The Balaban J connectivity index is 2.70. The van der Waals surface area contributed by atoms with Crippen molar-refractivity contribution in [3.8, 4) is 0 Å². The molecule has 0 aliphatic carbocycles. The Bertz CT molecular complexity index is 446. The Hall–Kier alpha value is -1.88. The Labute approximate surface area is 118 Å². The summed E-state index contributed by atoms with van der Waals surface area (Å²) >= 11 is 0. The summed E-state index contributed by atoms with van der Waals surface area (Å²) in [5.74, 6) is -2.40. The predicted molar refractivity (Wildman–Crippen MR) is 75.7 cm³/mol. The Morgan fingerprint density at radius 1 is 1.10 bits per heavy atom. The van der Waals surface area contributed by atoms with Gasteiger partial charge in [-0.15, -0.1) is 0 Å². The molecule has 0 saturated carbocycles. The van der Waals surface area contributed by atoms with Crippen molar-refractivity contribution in [2.45, 2.75) is 32.2 Å². The average molecular weight is 279 g/mol. The highest BCUT2D eigenvalue weighted by atomic mass is 16.4. The zero-order valence-corrected chi connectivity index (χ0v) is 11.7. The highest BCUT2D eigenvalue weighted by Gasteiger charge is 2.25. The fraction of sp³-hybridized carbons (Fsp3) is 0.467. The Morgan fingerprint density at radius 3 is 2.20 bits per heavy atom. The maximum atomic E-state index is 11.2. The number of nitrogens with one attached hydrogen (secondary N) is 1. The van der Waals surface area contributed by atoms with Crippen LogP contribution in [0.4, 0.5) is 0 Å². The lowest BCUT2D eigenvalue weighted by molar-refractivity contribution is -0.142. The van der Waals surface area contributed by atoms with Crippen LogP contribution in [0.1, 0.15) is 31.7 Å².